The van der Waals surface area contributed by atoms with Gasteiger partial charge in [-0.3, -0.25) is 9.36 Å². The van der Waals surface area contributed by atoms with E-state index in [-0.39, 0.29) is 17.9 Å². The number of nitrogens with one attached hydrogen (secondary N) is 1. The van der Waals surface area contributed by atoms with Gasteiger partial charge in [-0.2, -0.15) is 10.2 Å². The van der Waals surface area contributed by atoms with Crippen LogP contribution in [-0.2, 0) is 13.6 Å². The molecule has 6 rings (SSSR count). The Morgan fingerprint density at radius 2 is 1.71 bits per heavy atom. The van der Waals surface area contributed by atoms with Crippen molar-refractivity contribution < 1.29 is 13.5 Å². The first-order chi connectivity index (χ1) is 19.9. The minimum atomic E-state index is -0.713. The standard InChI is InChI=1S/C29H25F2N9O/c1-4-41-18-13-21(30)20(22(31)14-18)16-40-25-8-6-5-7-19(25)28(38-40)29-34-24(23-10-12-39(3)37-23)15-27(36-29)35-26-9-11-32-17(2)33-26/h5-15H,4,16H2,1-3H3,(H,32,33,34,35,36). The van der Waals surface area contributed by atoms with Crippen LogP contribution in [0.5, 0.6) is 5.75 Å². The maximum Gasteiger partial charge on any atom is 0.183 e. The van der Waals surface area contributed by atoms with Gasteiger partial charge in [-0.25, -0.2) is 28.7 Å². The molecule has 2 aromatic carbocycles. The first-order valence-electron chi connectivity index (χ1n) is 12.9. The van der Waals surface area contributed by atoms with Gasteiger partial charge in [-0.05, 0) is 32.0 Å². The lowest BCUT2D eigenvalue weighted by Gasteiger charge is -2.10. The Kier molecular flexibility index (Phi) is 6.79. The number of ether oxygens (including phenoxy) is 1. The molecule has 12 heteroatoms. The SMILES string of the molecule is CCOc1cc(F)c(Cn2nc(-c3nc(Nc4ccnc(C)n4)cc(-c4ccn(C)n4)n3)c3ccccc32)c(F)c1. The summed E-state index contributed by atoms with van der Waals surface area (Å²) in [5.41, 5.74) is 2.19. The highest BCUT2D eigenvalue weighted by molar-refractivity contribution is 5.92. The molecule has 4 aromatic heterocycles. The summed E-state index contributed by atoms with van der Waals surface area (Å²) < 4.78 is 38.4. The Morgan fingerprint density at radius 1 is 0.902 bits per heavy atom. The number of rotatable bonds is 8. The monoisotopic (exact) mass is 553 g/mol. The van der Waals surface area contributed by atoms with Crippen LogP contribution in [0.15, 0.2) is 67.0 Å². The minimum absolute atomic E-state index is 0.127. The van der Waals surface area contributed by atoms with Crippen molar-refractivity contribution in [2.75, 3.05) is 11.9 Å². The summed E-state index contributed by atoms with van der Waals surface area (Å²) in [5, 5.41) is 13.2. The lowest BCUT2D eigenvalue weighted by Crippen LogP contribution is -2.07. The zero-order chi connectivity index (χ0) is 28.5. The molecule has 41 heavy (non-hydrogen) atoms. The molecule has 0 saturated heterocycles. The molecule has 4 heterocycles. The van der Waals surface area contributed by atoms with Crippen molar-refractivity contribution in [1.82, 2.24) is 39.5 Å². The van der Waals surface area contributed by atoms with Gasteiger partial charge >= 0.3 is 0 Å². The predicted octanol–water partition coefficient (Wildman–Crippen LogP) is 5.46. The molecule has 6 aromatic rings. The van der Waals surface area contributed by atoms with E-state index < -0.39 is 11.6 Å². The smallest absolute Gasteiger partial charge is 0.183 e. The molecule has 0 radical (unpaired) electrons. The summed E-state index contributed by atoms with van der Waals surface area (Å²) in [6.45, 7) is 3.71. The van der Waals surface area contributed by atoms with Crippen molar-refractivity contribution in [3.8, 4) is 28.7 Å². The molecular formula is C29H25F2N9O. The van der Waals surface area contributed by atoms with Crippen molar-refractivity contribution in [2.24, 2.45) is 7.05 Å². The molecular weight excluding hydrogens is 528 g/mol. The van der Waals surface area contributed by atoms with Gasteiger partial charge in [0.05, 0.1) is 24.4 Å². The van der Waals surface area contributed by atoms with Gasteiger partial charge < -0.3 is 10.1 Å². The topological polar surface area (TPSA) is 108 Å². The number of hydrogen-bond acceptors (Lipinski definition) is 8. The summed E-state index contributed by atoms with van der Waals surface area (Å²) in [6.07, 6.45) is 3.48. The number of halogens is 2. The summed E-state index contributed by atoms with van der Waals surface area (Å²) in [5.74, 6) is 0.652. The second-order valence-corrected chi connectivity index (χ2v) is 9.27. The van der Waals surface area contributed by atoms with Gasteiger partial charge in [-0.1, -0.05) is 18.2 Å². The van der Waals surface area contributed by atoms with Gasteiger partial charge in [0.2, 0.25) is 0 Å². The number of para-hydroxylation sites is 1. The second kappa shape index (κ2) is 10.7. The van der Waals surface area contributed by atoms with E-state index in [0.717, 1.165) is 5.39 Å². The van der Waals surface area contributed by atoms with E-state index in [1.54, 1.807) is 41.5 Å². The Labute approximate surface area is 233 Å². The number of fused-ring (bicyclic) bond motifs is 1. The van der Waals surface area contributed by atoms with E-state index in [1.165, 1.54) is 12.1 Å². The Bertz CT molecular complexity index is 1860. The number of aryl methyl sites for hydroxylation is 2. The molecule has 0 atom stereocenters. The van der Waals surface area contributed by atoms with Crippen molar-refractivity contribution in [3.63, 3.8) is 0 Å². The number of aromatic nitrogens is 8. The summed E-state index contributed by atoms with van der Waals surface area (Å²) in [6, 6.07) is 15.1. The molecule has 0 amide bonds. The zero-order valence-corrected chi connectivity index (χ0v) is 22.5. The first kappa shape index (κ1) is 26.0. The number of nitrogens with zero attached hydrogens (tertiary/aromatic N) is 8. The van der Waals surface area contributed by atoms with Gasteiger partial charge in [-0.15, -0.1) is 0 Å². The largest absolute Gasteiger partial charge is 0.494 e. The summed E-state index contributed by atoms with van der Waals surface area (Å²) >= 11 is 0. The van der Waals surface area contributed by atoms with Crippen molar-refractivity contribution in [2.45, 2.75) is 20.4 Å². The lowest BCUT2D eigenvalue weighted by molar-refractivity contribution is 0.335. The second-order valence-electron chi connectivity index (χ2n) is 9.27. The van der Waals surface area contributed by atoms with Crippen molar-refractivity contribution >= 4 is 22.5 Å². The third-order valence-corrected chi connectivity index (χ3v) is 6.34. The van der Waals surface area contributed by atoms with Crippen LogP contribution >= 0.6 is 0 Å². The van der Waals surface area contributed by atoms with Crippen LogP contribution in [-0.4, -0.2) is 46.1 Å². The van der Waals surface area contributed by atoms with Crippen LogP contribution in [0, 0.1) is 18.6 Å². The van der Waals surface area contributed by atoms with Gasteiger partial charge in [0, 0.05) is 48.6 Å². The van der Waals surface area contributed by atoms with Crippen LogP contribution in [0.4, 0.5) is 20.4 Å². The summed E-state index contributed by atoms with van der Waals surface area (Å²) in [7, 11) is 1.82. The molecule has 0 aliphatic heterocycles. The van der Waals surface area contributed by atoms with E-state index in [1.807, 2.05) is 43.6 Å². The molecule has 0 bridgehead atoms. The maximum atomic E-state index is 15.0. The highest BCUT2D eigenvalue weighted by Gasteiger charge is 2.20. The average Bonchev–Trinajstić information content (AvgIpc) is 3.55. The fourth-order valence-electron chi connectivity index (χ4n) is 4.50. The highest BCUT2D eigenvalue weighted by Crippen LogP contribution is 2.31. The normalized spacial score (nSPS) is 11.2. The van der Waals surface area contributed by atoms with Crippen LogP contribution < -0.4 is 10.1 Å². The van der Waals surface area contributed by atoms with Gasteiger partial charge in [0.15, 0.2) is 5.82 Å². The van der Waals surface area contributed by atoms with Crippen LogP contribution in [0.1, 0.15) is 18.3 Å². The van der Waals surface area contributed by atoms with Gasteiger partial charge in [0.25, 0.3) is 0 Å². The highest BCUT2D eigenvalue weighted by atomic mass is 19.1. The van der Waals surface area contributed by atoms with Crippen LogP contribution in [0.3, 0.4) is 0 Å². The lowest BCUT2D eigenvalue weighted by atomic mass is 10.1. The molecule has 0 saturated carbocycles. The molecule has 0 spiro atoms. The maximum absolute atomic E-state index is 15.0. The third kappa shape index (κ3) is 5.31. The molecule has 0 aliphatic carbocycles. The minimum Gasteiger partial charge on any atom is -0.494 e. The van der Waals surface area contributed by atoms with E-state index in [9.17, 15) is 8.78 Å². The molecule has 0 unspecified atom stereocenters. The number of hydrogen-bond donors (Lipinski definition) is 1. The molecule has 0 aliphatic rings. The predicted molar refractivity (Wildman–Crippen MR) is 150 cm³/mol. The molecule has 10 nitrogen and oxygen atoms in total. The van der Waals surface area contributed by atoms with Gasteiger partial charge in [0.1, 0.15) is 46.2 Å². The van der Waals surface area contributed by atoms with Crippen molar-refractivity contribution in [3.05, 3.63) is 90.0 Å². The first-order valence-corrected chi connectivity index (χ1v) is 12.9. The van der Waals surface area contributed by atoms with Crippen LogP contribution in [0.2, 0.25) is 0 Å². The van der Waals surface area contributed by atoms with Crippen molar-refractivity contribution in [1.29, 1.82) is 0 Å². The van der Waals surface area contributed by atoms with E-state index in [0.29, 0.717) is 52.5 Å². The Hall–Kier alpha value is -5.26. The number of benzene rings is 2. The molecule has 1 N–H and O–H groups in total. The summed E-state index contributed by atoms with van der Waals surface area (Å²) in [4.78, 5) is 18.1. The van der Waals surface area contributed by atoms with E-state index in [4.69, 9.17) is 19.8 Å². The zero-order valence-electron chi connectivity index (χ0n) is 22.5. The fraction of sp³-hybridized carbons (Fsp3) is 0.172. The quantitative estimate of drug-likeness (QED) is 0.265. The van der Waals surface area contributed by atoms with E-state index in [2.05, 4.69) is 20.4 Å². The third-order valence-electron chi connectivity index (χ3n) is 6.34. The Morgan fingerprint density at radius 3 is 2.44 bits per heavy atom. The Balaban J connectivity index is 1.47. The fourth-order valence-corrected chi connectivity index (χ4v) is 4.50. The number of anilines is 2. The average molecular weight is 554 g/mol. The van der Waals surface area contributed by atoms with Crippen LogP contribution in [0.25, 0.3) is 33.8 Å². The molecule has 206 valence electrons. The molecule has 0 fully saturated rings. The van der Waals surface area contributed by atoms with E-state index >= 15 is 0 Å².